The SMILES string of the molecule is CCN=CC(=CN)c1ccc(N=C(N)C2=C(NC)CCN(C(C)=O)C2)cc1. The van der Waals surface area contributed by atoms with Crippen molar-refractivity contribution in [3.05, 3.63) is 47.3 Å². The number of nitrogens with one attached hydrogen (secondary N) is 1. The van der Waals surface area contributed by atoms with Crippen LogP contribution < -0.4 is 16.8 Å². The minimum Gasteiger partial charge on any atom is -0.404 e. The van der Waals surface area contributed by atoms with Gasteiger partial charge in [-0.2, -0.15) is 0 Å². The summed E-state index contributed by atoms with van der Waals surface area (Å²) in [5.74, 6) is 0.454. The van der Waals surface area contributed by atoms with Gasteiger partial charge in [-0.25, -0.2) is 4.99 Å². The zero-order chi connectivity index (χ0) is 19.8. The van der Waals surface area contributed by atoms with E-state index in [1.54, 1.807) is 18.0 Å². The van der Waals surface area contributed by atoms with E-state index < -0.39 is 0 Å². The number of nitrogens with zero attached hydrogens (tertiary/aromatic N) is 3. The highest BCUT2D eigenvalue weighted by Gasteiger charge is 2.22. The summed E-state index contributed by atoms with van der Waals surface area (Å²) in [5, 5.41) is 3.18. The maximum atomic E-state index is 11.7. The van der Waals surface area contributed by atoms with Crippen molar-refractivity contribution in [3.63, 3.8) is 0 Å². The van der Waals surface area contributed by atoms with Crippen LogP contribution in [0.2, 0.25) is 0 Å². The molecule has 5 N–H and O–H groups in total. The summed E-state index contributed by atoms with van der Waals surface area (Å²) in [4.78, 5) is 22.2. The topological polar surface area (TPSA) is 109 Å². The van der Waals surface area contributed by atoms with Crippen molar-refractivity contribution in [2.45, 2.75) is 20.3 Å². The van der Waals surface area contributed by atoms with E-state index in [1.165, 1.54) is 6.20 Å². The number of hydrogen-bond acceptors (Lipinski definition) is 5. The summed E-state index contributed by atoms with van der Waals surface area (Å²) in [6, 6.07) is 7.64. The fourth-order valence-corrected chi connectivity index (χ4v) is 2.88. The van der Waals surface area contributed by atoms with Gasteiger partial charge in [0.1, 0.15) is 5.84 Å². The maximum Gasteiger partial charge on any atom is 0.219 e. The van der Waals surface area contributed by atoms with Crippen molar-refractivity contribution in [2.24, 2.45) is 21.5 Å². The number of nitrogens with two attached hydrogens (primary N) is 2. The molecule has 2 rings (SSSR count). The average Bonchev–Trinajstić information content (AvgIpc) is 2.69. The number of carbonyl (C=O) groups excluding carboxylic acids is 1. The van der Waals surface area contributed by atoms with E-state index in [0.717, 1.165) is 34.5 Å². The number of benzene rings is 1. The fourth-order valence-electron chi connectivity index (χ4n) is 2.88. The molecule has 0 unspecified atom stereocenters. The molecule has 1 heterocycles. The first kappa shape index (κ1) is 20.2. The molecule has 1 aliphatic rings. The summed E-state index contributed by atoms with van der Waals surface area (Å²) in [6.45, 7) is 5.39. The highest BCUT2D eigenvalue weighted by atomic mass is 16.2. The van der Waals surface area contributed by atoms with E-state index >= 15 is 0 Å². The third-order valence-electron chi connectivity index (χ3n) is 4.44. The standard InChI is InChI=1S/C20H28N6O/c1-4-24-12-16(11-21)15-5-7-17(8-6-15)25-20(22)18-13-26(14(2)27)10-9-19(18)23-3/h5-8,11-12,23H,4,9-10,13,21H2,1-3H3,(H2,22,25). The lowest BCUT2D eigenvalue weighted by Gasteiger charge is -2.29. The summed E-state index contributed by atoms with van der Waals surface area (Å²) in [5.41, 5.74) is 16.4. The van der Waals surface area contributed by atoms with Gasteiger partial charge in [-0.3, -0.25) is 9.79 Å². The van der Waals surface area contributed by atoms with Crippen LogP contribution in [0.3, 0.4) is 0 Å². The molecule has 0 fully saturated rings. The van der Waals surface area contributed by atoms with Gasteiger partial charge >= 0.3 is 0 Å². The summed E-state index contributed by atoms with van der Waals surface area (Å²) in [6.07, 6.45) is 4.03. The molecule has 27 heavy (non-hydrogen) atoms. The lowest BCUT2D eigenvalue weighted by Crippen LogP contribution is -2.40. The van der Waals surface area contributed by atoms with Crippen molar-refractivity contribution in [1.82, 2.24) is 10.2 Å². The molecule has 144 valence electrons. The highest BCUT2D eigenvalue weighted by molar-refractivity contribution is 6.09. The van der Waals surface area contributed by atoms with Crippen molar-refractivity contribution >= 4 is 29.2 Å². The Kier molecular flexibility index (Phi) is 7.16. The molecule has 0 bridgehead atoms. The largest absolute Gasteiger partial charge is 0.404 e. The third kappa shape index (κ3) is 5.20. The second-order valence-corrected chi connectivity index (χ2v) is 6.19. The smallest absolute Gasteiger partial charge is 0.219 e. The van der Waals surface area contributed by atoms with Gasteiger partial charge in [-0.15, -0.1) is 0 Å². The summed E-state index contributed by atoms with van der Waals surface area (Å²) < 4.78 is 0. The molecule has 7 nitrogen and oxygen atoms in total. The molecule has 1 amide bonds. The van der Waals surface area contributed by atoms with Crippen LogP contribution >= 0.6 is 0 Å². The quantitative estimate of drug-likeness (QED) is 0.525. The molecule has 1 aliphatic heterocycles. The Morgan fingerprint density at radius 2 is 2.04 bits per heavy atom. The van der Waals surface area contributed by atoms with Crippen LogP contribution in [-0.4, -0.2) is 49.5 Å². The molecule has 0 aromatic heterocycles. The van der Waals surface area contributed by atoms with Crippen LogP contribution in [0, 0.1) is 0 Å². The molecule has 0 saturated heterocycles. The maximum absolute atomic E-state index is 11.7. The summed E-state index contributed by atoms with van der Waals surface area (Å²) in [7, 11) is 1.86. The van der Waals surface area contributed by atoms with Crippen molar-refractivity contribution in [1.29, 1.82) is 0 Å². The van der Waals surface area contributed by atoms with Crippen LogP contribution in [0.15, 0.2) is 51.7 Å². The minimum absolute atomic E-state index is 0.0367. The molecular weight excluding hydrogens is 340 g/mol. The molecule has 7 heteroatoms. The Hall–Kier alpha value is -3.09. The van der Waals surface area contributed by atoms with E-state index in [4.69, 9.17) is 11.5 Å². The van der Waals surface area contributed by atoms with Gasteiger partial charge in [0.25, 0.3) is 0 Å². The number of hydrogen-bond donors (Lipinski definition) is 3. The lowest BCUT2D eigenvalue weighted by atomic mass is 10.0. The molecule has 1 aromatic carbocycles. The normalized spacial score (nSPS) is 16.2. The van der Waals surface area contributed by atoms with Gasteiger partial charge in [0.05, 0.1) is 12.2 Å². The van der Waals surface area contributed by atoms with E-state index in [-0.39, 0.29) is 5.91 Å². The van der Waals surface area contributed by atoms with Gasteiger partial charge in [0.2, 0.25) is 5.91 Å². The zero-order valence-electron chi connectivity index (χ0n) is 16.2. The van der Waals surface area contributed by atoms with Crippen LogP contribution in [0.5, 0.6) is 0 Å². The predicted octanol–water partition coefficient (Wildman–Crippen LogP) is 1.79. The van der Waals surface area contributed by atoms with E-state index in [9.17, 15) is 4.79 Å². The molecule has 0 radical (unpaired) electrons. The van der Waals surface area contributed by atoms with Gasteiger partial charge in [-0.1, -0.05) is 12.1 Å². The Bertz CT molecular complexity index is 789. The first-order valence-electron chi connectivity index (χ1n) is 9.02. The van der Waals surface area contributed by atoms with Crippen molar-refractivity contribution in [3.8, 4) is 0 Å². The zero-order valence-corrected chi connectivity index (χ0v) is 16.2. The molecule has 0 saturated carbocycles. The molecule has 0 atom stereocenters. The fraction of sp³-hybridized carbons (Fsp3) is 0.350. The average molecular weight is 368 g/mol. The number of amides is 1. The molecule has 1 aromatic rings. The van der Waals surface area contributed by atoms with Gasteiger partial charge in [0, 0.05) is 62.7 Å². The monoisotopic (exact) mass is 368 g/mol. The Labute approximate surface area is 160 Å². The second kappa shape index (κ2) is 9.56. The number of amidine groups is 1. The Morgan fingerprint density at radius 1 is 1.33 bits per heavy atom. The number of aliphatic imine (C=N–C) groups is 2. The van der Waals surface area contributed by atoms with Gasteiger partial charge in [0.15, 0.2) is 0 Å². The van der Waals surface area contributed by atoms with Crippen LogP contribution in [-0.2, 0) is 4.79 Å². The third-order valence-corrected chi connectivity index (χ3v) is 4.44. The second-order valence-electron chi connectivity index (χ2n) is 6.19. The van der Waals surface area contributed by atoms with Gasteiger partial charge < -0.3 is 21.7 Å². The summed E-state index contributed by atoms with van der Waals surface area (Å²) >= 11 is 0. The van der Waals surface area contributed by atoms with Crippen LogP contribution in [0.1, 0.15) is 25.8 Å². The first-order chi connectivity index (χ1) is 13.0. The number of carbonyl (C=O) groups is 1. The molecule has 0 aliphatic carbocycles. The lowest BCUT2D eigenvalue weighted by molar-refractivity contribution is -0.128. The van der Waals surface area contributed by atoms with E-state index in [2.05, 4.69) is 15.3 Å². The van der Waals surface area contributed by atoms with Crippen molar-refractivity contribution in [2.75, 3.05) is 26.7 Å². The predicted molar refractivity (Wildman–Crippen MR) is 112 cm³/mol. The van der Waals surface area contributed by atoms with Crippen LogP contribution in [0.25, 0.3) is 5.57 Å². The Balaban J connectivity index is 2.25. The minimum atomic E-state index is 0.0367. The first-order valence-corrected chi connectivity index (χ1v) is 9.02. The van der Waals surface area contributed by atoms with E-state index in [1.807, 2.05) is 38.2 Å². The van der Waals surface area contributed by atoms with Gasteiger partial charge in [-0.05, 0) is 24.6 Å². The Morgan fingerprint density at radius 3 is 2.59 bits per heavy atom. The van der Waals surface area contributed by atoms with E-state index in [0.29, 0.717) is 25.5 Å². The number of rotatable bonds is 6. The van der Waals surface area contributed by atoms with Crippen LogP contribution in [0.4, 0.5) is 5.69 Å². The molecular formula is C20H28N6O. The molecule has 0 spiro atoms. The highest BCUT2D eigenvalue weighted by Crippen LogP contribution is 2.21. The number of allylic oxidation sites excluding steroid dienone is 1. The van der Waals surface area contributed by atoms with Crippen molar-refractivity contribution < 1.29 is 4.79 Å².